The minimum absolute atomic E-state index is 0.0795. The summed E-state index contributed by atoms with van der Waals surface area (Å²) in [7, 11) is 1.76. The summed E-state index contributed by atoms with van der Waals surface area (Å²) in [4.78, 5) is 18.3. The standard InChI is InChI=1S/C18H15ClN2OS/c1-21(12-13-6-2-3-7-14(13)19)18(22)11-10-17-20-15-8-4-5-9-16(15)23-17/h2-11H,12H2,1H3/b11-10+. The van der Waals surface area contributed by atoms with E-state index in [1.807, 2.05) is 48.5 Å². The molecule has 0 spiro atoms. The summed E-state index contributed by atoms with van der Waals surface area (Å²) in [6, 6.07) is 15.5. The van der Waals surface area contributed by atoms with Gasteiger partial charge < -0.3 is 4.90 Å². The highest BCUT2D eigenvalue weighted by molar-refractivity contribution is 7.19. The Labute approximate surface area is 143 Å². The van der Waals surface area contributed by atoms with Gasteiger partial charge in [-0.25, -0.2) is 4.98 Å². The second-order valence-corrected chi connectivity index (χ2v) is 6.61. The van der Waals surface area contributed by atoms with Gasteiger partial charge in [-0.3, -0.25) is 4.79 Å². The van der Waals surface area contributed by atoms with Gasteiger partial charge in [0, 0.05) is 24.7 Å². The van der Waals surface area contributed by atoms with E-state index in [2.05, 4.69) is 4.98 Å². The quantitative estimate of drug-likeness (QED) is 0.648. The van der Waals surface area contributed by atoms with Crippen molar-refractivity contribution in [1.29, 1.82) is 0 Å². The van der Waals surface area contributed by atoms with Crippen molar-refractivity contribution in [2.75, 3.05) is 7.05 Å². The molecular formula is C18H15ClN2OS. The third-order valence-corrected chi connectivity index (χ3v) is 4.79. The van der Waals surface area contributed by atoms with Gasteiger partial charge in [-0.1, -0.05) is 41.9 Å². The normalized spacial score (nSPS) is 11.2. The molecule has 5 heteroatoms. The van der Waals surface area contributed by atoms with Crippen molar-refractivity contribution >= 4 is 45.1 Å². The van der Waals surface area contributed by atoms with E-state index in [4.69, 9.17) is 11.6 Å². The first kappa shape index (κ1) is 15.7. The van der Waals surface area contributed by atoms with Crippen LogP contribution in [0.1, 0.15) is 10.6 Å². The number of carbonyl (C=O) groups excluding carboxylic acids is 1. The summed E-state index contributed by atoms with van der Waals surface area (Å²) in [6.07, 6.45) is 3.31. The van der Waals surface area contributed by atoms with Crippen molar-refractivity contribution in [2.24, 2.45) is 0 Å². The fourth-order valence-electron chi connectivity index (χ4n) is 2.19. The van der Waals surface area contributed by atoms with Gasteiger partial charge >= 0.3 is 0 Å². The van der Waals surface area contributed by atoms with Crippen LogP contribution in [-0.4, -0.2) is 22.8 Å². The van der Waals surface area contributed by atoms with Crippen molar-refractivity contribution < 1.29 is 4.79 Å². The highest BCUT2D eigenvalue weighted by Gasteiger charge is 2.08. The third-order valence-electron chi connectivity index (χ3n) is 3.42. The molecule has 3 aromatic rings. The molecule has 0 aliphatic rings. The van der Waals surface area contributed by atoms with Crippen molar-refractivity contribution in [2.45, 2.75) is 6.54 Å². The number of fused-ring (bicyclic) bond motifs is 1. The molecule has 0 radical (unpaired) electrons. The minimum Gasteiger partial charge on any atom is -0.338 e. The van der Waals surface area contributed by atoms with Gasteiger partial charge in [-0.2, -0.15) is 0 Å². The summed E-state index contributed by atoms with van der Waals surface area (Å²) in [5, 5.41) is 1.49. The number of aromatic nitrogens is 1. The van der Waals surface area contributed by atoms with Crippen LogP contribution < -0.4 is 0 Å². The maximum Gasteiger partial charge on any atom is 0.246 e. The second kappa shape index (κ2) is 6.94. The Hall–Kier alpha value is -2.17. The first-order chi connectivity index (χ1) is 11.1. The smallest absolute Gasteiger partial charge is 0.246 e. The number of hydrogen-bond acceptors (Lipinski definition) is 3. The Morgan fingerprint density at radius 1 is 1.22 bits per heavy atom. The van der Waals surface area contributed by atoms with E-state index in [0.29, 0.717) is 11.6 Å². The van der Waals surface area contributed by atoms with Crippen molar-refractivity contribution in [3.63, 3.8) is 0 Å². The lowest BCUT2D eigenvalue weighted by molar-refractivity contribution is -0.125. The molecule has 0 aliphatic carbocycles. The van der Waals surface area contributed by atoms with E-state index in [1.165, 1.54) is 0 Å². The Bertz CT molecular complexity index is 839. The zero-order valence-electron chi connectivity index (χ0n) is 12.6. The number of rotatable bonds is 4. The van der Waals surface area contributed by atoms with Crippen LogP contribution in [0.25, 0.3) is 16.3 Å². The Morgan fingerprint density at radius 3 is 2.74 bits per heavy atom. The number of benzene rings is 2. The van der Waals surface area contributed by atoms with Gasteiger partial charge in [0.05, 0.1) is 10.2 Å². The van der Waals surface area contributed by atoms with Gasteiger partial charge in [0.25, 0.3) is 0 Å². The van der Waals surface area contributed by atoms with Gasteiger partial charge in [0.2, 0.25) is 5.91 Å². The molecule has 0 unspecified atom stereocenters. The van der Waals surface area contributed by atoms with Crippen LogP contribution in [0, 0.1) is 0 Å². The summed E-state index contributed by atoms with van der Waals surface area (Å²) in [5.74, 6) is -0.0795. The predicted molar refractivity (Wildman–Crippen MR) is 96.6 cm³/mol. The third kappa shape index (κ3) is 3.78. The molecule has 0 bridgehead atoms. The Morgan fingerprint density at radius 2 is 1.96 bits per heavy atom. The van der Waals surface area contributed by atoms with E-state index < -0.39 is 0 Å². The second-order valence-electron chi connectivity index (χ2n) is 5.14. The van der Waals surface area contributed by atoms with E-state index in [0.717, 1.165) is 20.8 Å². The number of likely N-dealkylation sites (N-methyl/N-ethyl adjacent to an activating group) is 1. The first-order valence-corrected chi connectivity index (χ1v) is 8.35. The highest BCUT2D eigenvalue weighted by atomic mass is 35.5. The molecule has 1 amide bonds. The monoisotopic (exact) mass is 342 g/mol. The molecule has 3 nitrogen and oxygen atoms in total. The lowest BCUT2D eigenvalue weighted by atomic mass is 10.2. The van der Waals surface area contributed by atoms with Crippen LogP contribution in [0.2, 0.25) is 5.02 Å². The van der Waals surface area contributed by atoms with Crippen LogP contribution in [0.15, 0.2) is 54.6 Å². The summed E-state index contributed by atoms with van der Waals surface area (Å²) in [6.45, 7) is 0.475. The molecule has 116 valence electrons. The van der Waals surface area contributed by atoms with E-state index >= 15 is 0 Å². The van der Waals surface area contributed by atoms with Crippen LogP contribution in [0.3, 0.4) is 0 Å². The van der Waals surface area contributed by atoms with E-state index in [1.54, 1.807) is 35.4 Å². The molecule has 3 rings (SSSR count). The topological polar surface area (TPSA) is 33.2 Å². The Balaban J connectivity index is 1.69. The number of carbonyl (C=O) groups is 1. The van der Waals surface area contributed by atoms with Crippen molar-refractivity contribution in [3.05, 3.63) is 70.2 Å². The molecule has 0 saturated carbocycles. The average molecular weight is 343 g/mol. The molecule has 0 N–H and O–H groups in total. The molecule has 0 atom stereocenters. The maximum absolute atomic E-state index is 12.2. The van der Waals surface area contributed by atoms with Crippen molar-refractivity contribution in [3.8, 4) is 0 Å². The number of thiazole rings is 1. The molecule has 2 aromatic carbocycles. The lowest BCUT2D eigenvalue weighted by Gasteiger charge is -2.15. The van der Waals surface area contributed by atoms with E-state index in [9.17, 15) is 4.79 Å². The molecule has 0 aliphatic heterocycles. The number of nitrogens with zero attached hydrogens (tertiary/aromatic N) is 2. The van der Waals surface area contributed by atoms with Crippen molar-refractivity contribution in [1.82, 2.24) is 9.88 Å². The first-order valence-electron chi connectivity index (χ1n) is 7.15. The number of para-hydroxylation sites is 1. The zero-order valence-corrected chi connectivity index (χ0v) is 14.1. The number of halogens is 1. The van der Waals surface area contributed by atoms with Crippen LogP contribution >= 0.6 is 22.9 Å². The van der Waals surface area contributed by atoms with E-state index in [-0.39, 0.29) is 5.91 Å². The molecular weight excluding hydrogens is 328 g/mol. The maximum atomic E-state index is 12.2. The minimum atomic E-state index is -0.0795. The zero-order chi connectivity index (χ0) is 16.2. The van der Waals surface area contributed by atoms with Gasteiger partial charge in [0.15, 0.2) is 0 Å². The SMILES string of the molecule is CN(Cc1ccccc1Cl)C(=O)/C=C/c1nc2ccccc2s1. The molecule has 1 aromatic heterocycles. The fourth-order valence-corrected chi connectivity index (χ4v) is 3.26. The predicted octanol–water partition coefficient (Wildman–Crippen LogP) is 4.62. The molecule has 1 heterocycles. The van der Waals surface area contributed by atoms with Crippen LogP contribution in [-0.2, 0) is 11.3 Å². The van der Waals surface area contributed by atoms with Gasteiger partial charge in [0.1, 0.15) is 5.01 Å². The molecule has 0 saturated heterocycles. The lowest BCUT2D eigenvalue weighted by Crippen LogP contribution is -2.24. The number of amides is 1. The molecule has 23 heavy (non-hydrogen) atoms. The van der Waals surface area contributed by atoms with Crippen LogP contribution in [0.5, 0.6) is 0 Å². The fraction of sp³-hybridized carbons (Fsp3) is 0.111. The highest BCUT2D eigenvalue weighted by Crippen LogP contribution is 2.22. The van der Waals surface area contributed by atoms with Crippen LogP contribution in [0.4, 0.5) is 0 Å². The van der Waals surface area contributed by atoms with Gasteiger partial charge in [-0.05, 0) is 29.8 Å². The summed E-state index contributed by atoms with van der Waals surface area (Å²) in [5.41, 5.74) is 1.88. The average Bonchev–Trinajstić information content (AvgIpc) is 2.97. The molecule has 0 fully saturated rings. The summed E-state index contributed by atoms with van der Waals surface area (Å²) >= 11 is 7.69. The summed E-state index contributed by atoms with van der Waals surface area (Å²) < 4.78 is 1.11. The number of hydrogen-bond donors (Lipinski definition) is 0. The largest absolute Gasteiger partial charge is 0.338 e. The van der Waals surface area contributed by atoms with Gasteiger partial charge in [-0.15, -0.1) is 11.3 Å². The Kier molecular flexibility index (Phi) is 4.74.